The van der Waals surface area contributed by atoms with Crippen LogP contribution in [0.4, 0.5) is 0 Å². The number of unbranched alkanes of at least 4 members (excludes halogenated alkanes) is 2. The van der Waals surface area contributed by atoms with Crippen molar-refractivity contribution >= 4 is 6.29 Å². The van der Waals surface area contributed by atoms with Gasteiger partial charge in [-0.15, -0.1) is 0 Å². The van der Waals surface area contributed by atoms with Crippen LogP contribution in [0.3, 0.4) is 0 Å². The van der Waals surface area contributed by atoms with Gasteiger partial charge in [-0.05, 0) is 18.8 Å². The Morgan fingerprint density at radius 1 is 1.17 bits per heavy atom. The maximum Gasteiger partial charge on any atom is 0.123 e. The van der Waals surface area contributed by atoms with E-state index in [0.717, 1.165) is 18.6 Å². The monoisotopic (exact) mass is 168 g/mol. The first-order valence-corrected chi connectivity index (χ1v) is 4.86. The number of carbonyl (C=O) groups excluding carboxylic acids is 1. The highest BCUT2D eigenvalue weighted by Gasteiger charge is 1.91. The van der Waals surface area contributed by atoms with Gasteiger partial charge in [0.1, 0.15) is 6.29 Å². The van der Waals surface area contributed by atoms with E-state index in [1.807, 2.05) is 6.08 Å². The largest absolute Gasteiger partial charge is 0.303 e. The van der Waals surface area contributed by atoms with E-state index in [1.165, 1.54) is 19.3 Å². The Hall–Kier alpha value is -0.590. The van der Waals surface area contributed by atoms with Crippen LogP contribution in [-0.2, 0) is 4.79 Å². The lowest BCUT2D eigenvalue weighted by atomic mass is 10.1. The first kappa shape index (κ1) is 11.4. The Kier molecular flexibility index (Phi) is 8.09. The van der Waals surface area contributed by atoms with Crippen molar-refractivity contribution in [2.24, 2.45) is 5.92 Å². The zero-order chi connectivity index (χ0) is 9.23. The van der Waals surface area contributed by atoms with Crippen molar-refractivity contribution in [1.29, 1.82) is 0 Å². The summed E-state index contributed by atoms with van der Waals surface area (Å²) in [5.74, 6) is 0.823. The zero-order valence-electron chi connectivity index (χ0n) is 8.25. The molecule has 0 aromatic carbocycles. The van der Waals surface area contributed by atoms with Gasteiger partial charge in [0.05, 0.1) is 0 Å². The van der Waals surface area contributed by atoms with Crippen LogP contribution in [0.2, 0.25) is 0 Å². The molecule has 0 bridgehead atoms. The SMILES string of the molecule is CC(C)CCCCC=CCC=O. The van der Waals surface area contributed by atoms with Crippen LogP contribution in [0.15, 0.2) is 12.2 Å². The summed E-state index contributed by atoms with van der Waals surface area (Å²) in [4.78, 5) is 9.93. The summed E-state index contributed by atoms with van der Waals surface area (Å²) < 4.78 is 0. The van der Waals surface area contributed by atoms with Crippen molar-refractivity contribution in [2.75, 3.05) is 0 Å². The molecule has 0 aliphatic heterocycles. The van der Waals surface area contributed by atoms with Crippen LogP contribution in [0.25, 0.3) is 0 Å². The Bertz CT molecular complexity index is 125. The van der Waals surface area contributed by atoms with Gasteiger partial charge in [-0.2, -0.15) is 0 Å². The first-order chi connectivity index (χ1) is 5.77. The molecule has 0 saturated carbocycles. The zero-order valence-corrected chi connectivity index (χ0v) is 8.25. The summed E-state index contributed by atoms with van der Waals surface area (Å²) in [6, 6.07) is 0. The third-order valence-corrected chi connectivity index (χ3v) is 1.80. The second-order valence-corrected chi connectivity index (χ2v) is 3.55. The molecule has 1 nitrogen and oxygen atoms in total. The van der Waals surface area contributed by atoms with Crippen LogP contribution in [0, 0.1) is 5.92 Å². The van der Waals surface area contributed by atoms with Gasteiger partial charge in [0.15, 0.2) is 0 Å². The molecule has 0 aromatic heterocycles. The predicted octanol–water partition coefficient (Wildman–Crippen LogP) is 3.35. The topological polar surface area (TPSA) is 17.1 Å². The standard InChI is InChI=1S/C11H20O/c1-11(2)9-7-5-3-4-6-8-10-12/h4,6,10-11H,3,5,7-9H2,1-2H3. The molecule has 12 heavy (non-hydrogen) atoms. The predicted molar refractivity (Wildman–Crippen MR) is 53.1 cm³/mol. The maximum atomic E-state index is 9.93. The lowest BCUT2D eigenvalue weighted by Crippen LogP contribution is -1.85. The number of hydrogen-bond acceptors (Lipinski definition) is 1. The molecule has 1 heteroatoms. The summed E-state index contributed by atoms with van der Waals surface area (Å²) >= 11 is 0. The molecule has 0 N–H and O–H groups in total. The lowest BCUT2D eigenvalue weighted by Gasteiger charge is -2.01. The average Bonchev–Trinajstić information content (AvgIpc) is 2.02. The minimum Gasteiger partial charge on any atom is -0.303 e. The molecule has 0 spiro atoms. The van der Waals surface area contributed by atoms with Crippen LogP contribution >= 0.6 is 0 Å². The summed E-state index contributed by atoms with van der Waals surface area (Å²) in [5.41, 5.74) is 0. The van der Waals surface area contributed by atoms with E-state index in [0.29, 0.717) is 6.42 Å². The van der Waals surface area contributed by atoms with Gasteiger partial charge < -0.3 is 4.79 Å². The second-order valence-electron chi connectivity index (χ2n) is 3.55. The van der Waals surface area contributed by atoms with E-state index in [-0.39, 0.29) is 0 Å². The van der Waals surface area contributed by atoms with Gasteiger partial charge >= 0.3 is 0 Å². The Balaban J connectivity index is 3.04. The quantitative estimate of drug-likeness (QED) is 0.324. The van der Waals surface area contributed by atoms with Crippen molar-refractivity contribution < 1.29 is 4.79 Å². The minimum absolute atomic E-state index is 0.574. The van der Waals surface area contributed by atoms with Gasteiger partial charge in [-0.1, -0.05) is 38.8 Å². The van der Waals surface area contributed by atoms with Gasteiger partial charge in [0, 0.05) is 6.42 Å². The number of hydrogen-bond donors (Lipinski definition) is 0. The highest BCUT2D eigenvalue weighted by atomic mass is 16.1. The van der Waals surface area contributed by atoms with E-state index >= 15 is 0 Å². The molecular formula is C11H20O. The van der Waals surface area contributed by atoms with Crippen molar-refractivity contribution in [1.82, 2.24) is 0 Å². The summed E-state index contributed by atoms with van der Waals surface area (Å²) in [6.07, 6.45) is 10.6. The van der Waals surface area contributed by atoms with E-state index in [4.69, 9.17) is 0 Å². The molecule has 0 aliphatic carbocycles. The van der Waals surface area contributed by atoms with Crippen LogP contribution in [0.5, 0.6) is 0 Å². The van der Waals surface area contributed by atoms with Gasteiger partial charge in [0.2, 0.25) is 0 Å². The van der Waals surface area contributed by atoms with Crippen molar-refractivity contribution in [3.63, 3.8) is 0 Å². The minimum atomic E-state index is 0.574. The molecule has 0 radical (unpaired) electrons. The first-order valence-electron chi connectivity index (χ1n) is 4.86. The fraction of sp³-hybridized carbons (Fsp3) is 0.727. The van der Waals surface area contributed by atoms with Crippen molar-refractivity contribution in [2.45, 2.75) is 46.0 Å². The van der Waals surface area contributed by atoms with E-state index in [2.05, 4.69) is 19.9 Å². The number of aldehydes is 1. The molecule has 0 saturated heterocycles. The van der Waals surface area contributed by atoms with Crippen LogP contribution < -0.4 is 0 Å². The van der Waals surface area contributed by atoms with Crippen LogP contribution in [0.1, 0.15) is 46.0 Å². The fourth-order valence-electron chi connectivity index (χ4n) is 1.08. The molecule has 0 amide bonds. The summed E-state index contributed by atoms with van der Waals surface area (Å²) in [7, 11) is 0. The number of allylic oxidation sites excluding steroid dienone is 2. The molecule has 0 heterocycles. The molecule has 0 rings (SSSR count). The summed E-state index contributed by atoms with van der Waals surface area (Å²) in [6.45, 7) is 4.50. The maximum absolute atomic E-state index is 9.93. The second kappa shape index (κ2) is 8.51. The smallest absolute Gasteiger partial charge is 0.123 e. The molecule has 0 atom stereocenters. The third kappa shape index (κ3) is 9.41. The van der Waals surface area contributed by atoms with Crippen LogP contribution in [-0.4, -0.2) is 6.29 Å². The fourth-order valence-corrected chi connectivity index (χ4v) is 1.08. The number of carbonyl (C=O) groups is 1. The normalized spacial score (nSPS) is 11.2. The molecule has 70 valence electrons. The molecular weight excluding hydrogens is 148 g/mol. The Labute approximate surface area is 75.9 Å². The number of rotatable bonds is 7. The Morgan fingerprint density at radius 3 is 2.50 bits per heavy atom. The van der Waals surface area contributed by atoms with E-state index in [1.54, 1.807) is 0 Å². The highest BCUT2D eigenvalue weighted by molar-refractivity contribution is 5.51. The van der Waals surface area contributed by atoms with E-state index in [9.17, 15) is 4.79 Å². The molecule has 0 unspecified atom stereocenters. The third-order valence-electron chi connectivity index (χ3n) is 1.80. The molecule has 0 aliphatic rings. The average molecular weight is 168 g/mol. The highest BCUT2D eigenvalue weighted by Crippen LogP contribution is 2.08. The molecule has 0 fully saturated rings. The summed E-state index contributed by atoms with van der Waals surface area (Å²) in [5, 5.41) is 0. The van der Waals surface area contributed by atoms with Crippen molar-refractivity contribution in [3.8, 4) is 0 Å². The van der Waals surface area contributed by atoms with Gasteiger partial charge in [-0.25, -0.2) is 0 Å². The Morgan fingerprint density at radius 2 is 1.92 bits per heavy atom. The van der Waals surface area contributed by atoms with Gasteiger partial charge in [-0.3, -0.25) is 0 Å². The van der Waals surface area contributed by atoms with Crippen molar-refractivity contribution in [3.05, 3.63) is 12.2 Å². The van der Waals surface area contributed by atoms with Gasteiger partial charge in [0.25, 0.3) is 0 Å². The molecule has 0 aromatic rings. The lowest BCUT2D eigenvalue weighted by molar-refractivity contribution is -0.107. The van der Waals surface area contributed by atoms with E-state index < -0.39 is 0 Å².